The van der Waals surface area contributed by atoms with Crippen molar-refractivity contribution in [2.45, 2.75) is 37.5 Å². The summed E-state index contributed by atoms with van der Waals surface area (Å²) in [6.45, 7) is 0.592. The normalized spacial score (nSPS) is 17.3. The molecule has 0 unspecified atom stereocenters. The van der Waals surface area contributed by atoms with Gasteiger partial charge in [-0.05, 0) is 24.3 Å². The van der Waals surface area contributed by atoms with Crippen LogP contribution in [0.2, 0.25) is 5.02 Å². The van der Waals surface area contributed by atoms with E-state index in [1.54, 1.807) is 11.3 Å². The molecule has 0 bridgehead atoms. The van der Waals surface area contributed by atoms with Crippen molar-refractivity contribution in [1.82, 2.24) is 9.69 Å². The van der Waals surface area contributed by atoms with Crippen molar-refractivity contribution in [1.29, 1.82) is 0 Å². The lowest BCUT2D eigenvalue weighted by Gasteiger charge is -2.36. The highest BCUT2D eigenvalue weighted by molar-refractivity contribution is 7.10. The Labute approximate surface area is 141 Å². The van der Waals surface area contributed by atoms with Crippen LogP contribution >= 0.6 is 34.5 Å². The van der Waals surface area contributed by atoms with Crippen molar-refractivity contribution in [3.8, 4) is 0 Å². The summed E-state index contributed by atoms with van der Waals surface area (Å²) in [4.78, 5) is 25.2. The van der Waals surface area contributed by atoms with Crippen molar-refractivity contribution in [2.24, 2.45) is 0 Å². The molecule has 2 heterocycles. The molecular weight excluding hydrogens is 340 g/mol. The molecule has 0 aliphatic heterocycles. The molecule has 4 nitrogen and oxygen atoms in total. The molecule has 3 rings (SSSR count). The van der Waals surface area contributed by atoms with E-state index in [2.05, 4.69) is 27.2 Å². The number of amides is 1. The third-order valence-electron chi connectivity index (χ3n) is 4.29. The Kier molecular flexibility index (Phi) is 4.70. The van der Waals surface area contributed by atoms with Crippen LogP contribution in [0.4, 0.5) is 0 Å². The van der Waals surface area contributed by atoms with Crippen LogP contribution in [-0.4, -0.2) is 16.8 Å². The highest BCUT2D eigenvalue weighted by atomic mass is 35.5. The van der Waals surface area contributed by atoms with Gasteiger partial charge in [-0.1, -0.05) is 48.5 Å². The number of carbonyl (C=O) groups excluding carboxylic acids is 1. The number of aromatic nitrogens is 1. The van der Waals surface area contributed by atoms with Gasteiger partial charge in [-0.2, -0.15) is 0 Å². The predicted molar refractivity (Wildman–Crippen MR) is 91.4 cm³/mol. The lowest BCUT2D eigenvalue weighted by atomic mass is 9.73. The Hall–Kier alpha value is -1.11. The van der Waals surface area contributed by atoms with Gasteiger partial charge in [0.1, 0.15) is 9.90 Å². The second-order valence-corrected chi connectivity index (χ2v) is 7.82. The van der Waals surface area contributed by atoms with Crippen LogP contribution in [0.5, 0.6) is 0 Å². The minimum Gasteiger partial charge on any atom is -0.350 e. The minimum absolute atomic E-state index is 0.0173. The maximum Gasteiger partial charge on any atom is 0.277 e. The molecule has 1 saturated carbocycles. The topological polar surface area (TPSA) is 62.0 Å². The summed E-state index contributed by atoms with van der Waals surface area (Å²) in [5, 5.41) is 5.06. The van der Waals surface area contributed by atoms with Crippen molar-refractivity contribution in [2.75, 3.05) is 6.54 Å². The molecule has 7 heteroatoms. The third-order valence-corrected chi connectivity index (χ3v) is 6.76. The standard InChI is InChI=1S/C15H17ClN2O2S2/c16-11-12(22-18-13(11)19)14(20)17-9-15(6-2-1-3-7-15)10-5-4-8-21-10/h4-5,8H,1-3,6-7,9H2,(H,17,20)(H,18,19). The van der Waals surface area contributed by atoms with Crippen LogP contribution in [-0.2, 0) is 5.41 Å². The maximum absolute atomic E-state index is 12.3. The van der Waals surface area contributed by atoms with Gasteiger partial charge in [-0.25, -0.2) is 0 Å². The smallest absolute Gasteiger partial charge is 0.277 e. The molecule has 1 aliphatic carbocycles. The van der Waals surface area contributed by atoms with Crippen molar-refractivity contribution < 1.29 is 4.79 Å². The zero-order chi connectivity index (χ0) is 15.6. The van der Waals surface area contributed by atoms with E-state index < -0.39 is 5.56 Å². The summed E-state index contributed by atoms with van der Waals surface area (Å²) in [6.07, 6.45) is 5.81. The number of carbonyl (C=O) groups is 1. The fourth-order valence-electron chi connectivity index (χ4n) is 3.09. The molecule has 0 atom stereocenters. The molecule has 118 valence electrons. The first-order chi connectivity index (χ1) is 10.6. The fraction of sp³-hybridized carbons (Fsp3) is 0.467. The molecular formula is C15H17ClN2O2S2. The number of rotatable bonds is 4. The molecule has 2 aromatic heterocycles. The number of hydrogen-bond donors (Lipinski definition) is 2. The predicted octanol–water partition coefficient (Wildman–Crippen LogP) is 3.78. The van der Waals surface area contributed by atoms with E-state index in [-0.39, 0.29) is 21.2 Å². The Bertz CT molecular complexity index is 699. The van der Waals surface area contributed by atoms with Gasteiger partial charge in [-0.15, -0.1) is 11.3 Å². The van der Waals surface area contributed by atoms with Crippen LogP contribution in [0.15, 0.2) is 22.3 Å². The van der Waals surface area contributed by atoms with Gasteiger partial charge in [-0.3, -0.25) is 14.0 Å². The second-order valence-electron chi connectivity index (χ2n) is 5.68. The van der Waals surface area contributed by atoms with Crippen LogP contribution in [0.1, 0.15) is 46.7 Å². The summed E-state index contributed by atoms with van der Waals surface area (Å²) in [7, 11) is 0. The van der Waals surface area contributed by atoms with Gasteiger partial charge in [0.15, 0.2) is 0 Å². The van der Waals surface area contributed by atoms with Crippen LogP contribution in [0.25, 0.3) is 0 Å². The van der Waals surface area contributed by atoms with E-state index >= 15 is 0 Å². The zero-order valence-corrected chi connectivity index (χ0v) is 14.4. The summed E-state index contributed by atoms with van der Waals surface area (Å²) < 4.78 is 2.49. The molecule has 0 spiro atoms. The first-order valence-corrected chi connectivity index (χ1v) is 9.39. The number of halogens is 1. The third kappa shape index (κ3) is 3.00. The van der Waals surface area contributed by atoms with Gasteiger partial charge in [0.05, 0.1) is 0 Å². The summed E-state index contributed by atoms with van der Waals surface area (Å²) in [6, 6.07) is 4.22. The van der Waals surface area contributed by atoms with E-state index in [1.807, 2.05) is 0 Å². The van der Waals surface area contributed by atoms with E-state index in [0.29, 0.717) is 6.54 Å². The summed E-state index contributed by atoms with van der Waals surface area (Å²) in [5.74, 6) is -0.269. The lowest BCUT2D eigenvalue weighted by Crippen LogP contribution is -2.41. The largest absolute Gasteiger partial charge is 0.350 e. The Morgan fingerprint density at radius 1 is 1.36 bits per heavy atom. The highest BCUT2D eigenvalue weighted by Crippen LogP contribution is 2.41. The quantitative estimate of drug-likeness (QED) is 0.875. The van der Waals surface area contributed by atoms with Gasteiger partial charge in [0, 0.05) is 16.8 Å². The van der Waals surface area contributed by atoms with Gasteiger partial charge < -0.3 is 5.32 Å². The van der Waals surface area contributed by atoms with Crippen LogP contribution < -0.4 is 10.9 Å². The Balaban J connectivity index is 1.76. The molecule has 1 fully saturated rings. The first kappa shape index (κ1) is 15.8. The summed E-state index contributed by atoms with van der Waals surface area (Å²) in [5.41, 5.74) is -0.377. The number of nitrogens with one attached hydrogen (secondary N) is 2. The SMILES string of the molecule is O=C(NCC1(c2cccs2)CCCCC1)c1s[nH]c(=O)c1Cl. The highest BCUT2D eigenvalue weighted by Gasteiger charge is 2.35. The van der Waals surface area contributed by atoms with Crippen LogP contribution in [0.3, 0.4) is 0 Å². The number of thiophene rings is 1. The zero-order valence-electron chi connectivity index (χ0n) is 12.0. The molecule has 1 aliphatic rings. The average molecular weight is 357 g/mol. The van der Waals surface area contributed by atoms with E-state index in [1.165, 1.54) is 24.1 Å². The maximum atomic E-state index is 12.3. The lowest BCUT2D eigenvalue weighted by molar-refractivity contribution is 0.0941. The molecule has 0 aromatic carbocycles. The Morgan fingerprint density at radius 2 is 2.14 bits per heavy atom. The monoisotopic (exact) mass is 356 g/mol. The van der Waals surface area contributed by atoms with Gasteiger partial charge >= 0.3 is 0 Å². The van der Waals surface area contributed by atoms with Crippen molar-refractivity contribution in [3.05, 3.63) is 42.6 Å². The van der Waals surface area contributed by atoms with Gasteiger partial charge in [0.2, 0.25) is 0 Å². The van der Waals surface area contributed by atoms with E-state index in [4.69, 9.17) is 11.6 Å². The molecule has 2 aromatic rings. The number of hydrogen-bond acceptors (Lipinski definition) is 4. The molecule has 0 radical (unpaired) electrons. The van der Waals surface area contributed by atoms with E-state index in [0.717, 1.165) is 24.4 Å². The second kappa shape index (κ2) is 6.56. The number of aromatic amines is 1. The molecule has 0 saturated heterocycles. The van der Waals surface area contributed by atoms with Crippen molar-refractivity contribution in [3.63, 3.8) is 0 Å². The number of H-pyrrole nitrogens is 1. The van der Waals surface area contributed by atoms with E-state index in [9.17, 15) is 9.59 Å². The first-order valence-electron chi connectivity index (χ1n) is 7.31. The molecule has 2 N–H and O–H groups in total. The fourth-order valence-corrected chi connectivity index (χ4v) is 5.02. The average Bonchev–Trinajstić information content (AvgIpc) is 3.18. The van der Waals surface area contributed by atoms with Crippen LogP contribution in [0, 0.1) is 0 Å². The minimum atomic E-state index is -0.401. The molecule has 22 heavy (non-hydrogen) atoms. The van der Waals surface area contributed by atoms with Gasteiger partial charge in [0.25, 0.3) is 11.5 Å². The summed E-state index contributed by atoms with van der Waals surface area (Å²) >= 11 is 8.61. The molecule has 1 amide bonds. The Morgan fingerprint density at radius 3 is 2.73 bits per heavy atom. The van der Waals surface area contributed by atoms with Crippen molar-refractivity contribution >= 4 is 40.4 Å².